The van der Waals surface area contributed by atoms with E-state index in [9.17, 15) is 9.59 Å². The zero-order valence-corrected chi connectivity index (χ0v) is 19.3. The highest BCUT2D eigenvalue weighted by Gasteiger charge is 2.34. The number of pyridine rings is 1. The fraction of sp³-hybridized carbons (Fsp3) is 0.214. The van der Waals surface area contributed by atoms with Gasteiger partial charge in [-0.25, -0.2) is 0 Å². The number of carbonyl (C=O) groups excluding carboxylic acids is 1. The number of hydrogen-bond donors (Lipinski definition) is 0. The lowest BCUT2D eigenvalue weighted by Gasteiger charge is -2.26. The molecule has 0 N–H and O–H groups in total. The minimum atomic E-state index is -0.445. The Hall–Kier alpha value is -4.06. The first-order chi connectivity index (χ1) is 16.5. The molecule has 0 unspecified atom stereocenters. The number of aromatic nitrogens is 1. The van der Waals surface area contributed by atoms with E-state index in [1.807, 2.05) is 67.6 Å². The number of esters is 1. The van der Waals surface area contributed by atoms with E-state index in [1.54, 1.807) is 18.7 Å². The van der Waals surface area contributed by atoms with Crippen LogP contribution in [0.5, 0.6) is 17.2 Å². The number of nitrogens with zero attached hydrogens (tertiary/aromatic N) is 1. The highest BCUT2D eigenvalue weighted by molar-refractivity contribution is 5.91. The number of methoxy groups -OCH3 is 1. The van der Waals surface area contributed by atoms with Crippen molar-refractivity contribution in [2.45, 2.75) is 25.9 Å². The van der Waals surface area contributed by atoms with Crippen LogP contribution in [0, 0.1) is 6.92 Å². The van der Waals surface area contributed by atoms with Crippen LogP contribution < -0.4 is 19.8 Å². The Kier molecular flexibility index (Phi) is 5.57. The quantitative estimate of drug-likeness (QED) is 0.402. The van der Waals surface area contributed by atoms with Gasteiger partial charge in [-0.2, -0.15) is 0 Å². The maximum atomic E-state index is 13.3. The summed E-state index contributed by atoms with van der Waals surface area (Å²) in [5.74, 6) is 0.675. The van der Waals surface area contributed by atoms with Crippen molar-refractivity contribution in [3.8, 4) is 17.2 Å². The highest BCUT2D eigenvalue weighted by Crippen LogP contribution is 2.42. The van der Waals surface area contributed by atoms with Crippen LogP contribution in [0.15, 0.2) is 71.5 Å². The predicted octanol–water partition coefficient (Wildman–Crippen LogP) is 4.88. The van der Waals surface area contributed by atoms with Crippen LogP contribution in [-0.2, 0) is 18.4 Å². The molecule has 34 heavy (non-hydrogen) atoms. The molecule has 0 saturated heterocycles. The lowest BCUT2D eigenvalue weighted by molar-refractivity contribution is -0.135. The summed E-state index contributed by atoms with van der Waals surface area (Å²) in [6.45, 7) is 2.45. The molecule has 3 aromatic carbocycles. The van der Waals surface area contributed by atoms with Gasteiger partial charge in [0.25, 0.3) is 5.56 Å². The topological polar surface area (TPSA) is 66.8 Å². The van der Waals surface area contributed by atoms with Gasteiger partial charge in [-0.1, -0.05) is 48.0 Å². The molecular weight excluding hydrogens is 430 g/mol. The number of hydrogen-bond acceptors (Lipinski definition) is 5. The average Bonchev–Trinajstić information content (AvgIpc) is 2.85. The van der Waals surface area contributed by atoms with Crippen molar-refractivity contribution in [2.75, 3.05) is 7.11 Å². The Morgan fingerprint density at radius 2 is 1.82 bits per heavy atom. The van der Waals surface area contributed by atoms with Crippen LogP contribution in [0.4, 0.5) is 0 Å². The molecule has 6 heteroatoms. The van der Waals surface area contributed by atoms with E-state index in [-0.39, 0.29) is 17.9 Å². The summed E-state index contributed by atoms with van der Waals surface area (Å²) in [6, 6.07) is 21.1. The molecule has 1 atom stereocenters. The molecule has 2 heterocycles. The number of carbonyl (C=O) groups is 1. The van der Waals surface area contributed by atoms with Crippen molar-refractivity contribution < 1.29 is 19.0 Å². The van der Waals surface area contributed by atoms with Crippen LogP contribution >= 0.6 is 0 Å². The van der Waals surface area contributed by atoms with Crippen molar-refractivity contribution in [3.05, 3.63) is 99.3 Å². The SMILES string of the molecule is COc1cc([C@H]2CC(=O)Oc3c2c(=O)n(C)c2ccccc32)ccc1OCc1cccc(C)c1. The normalized spacial score (nSPS) is 15.0. The maximum absolute atomic E-state index is 13.3. The van der Waals surface area contributed by atoms with Crippen LogP contribution in [0.3, 0.4) is 0 Å². The van der Waals surface area contributed by atoms with Gasteiger partial charge in [0.15, 0.2) is 11.5 Å². The van der Waals surface area contributed by atoms with Crippen molar-refractivity contribution >= 4 is 16.9 Å². The summed E-state index contributed by atoms with van der Waals surface area (Å²) in [4.78, 5) is 25.9. The van der Waals surface area contributed by atoms with Crippen molar-refractivity contribution in [1.29, 1.82) is 0 Å². The van der Waals surface area contributed by atoms with Crippen LogP contribution in [0.25, 0.3) is 10.9 Å². The van der Waals surface area contributed by atoms with Crippen molar-refractivity contribution in [3.63, 3.8) is 0 Å². The number of fused-ring (bicyclic) bond motifs is 3. The van der Waals surface area contributed by atoms with Crippen molar-refractivity contribution in [2.24, 2.45) is 7.05 Å². The minimum Gasteiger partial charge on any atom is -0.493 e. The number of benzene rings is 3. The van der Waals surface area contributed by atoms with E-state index >= 15 is 0 Å². The van der Waals surface area contributed by atoms with E-state index < -0.39 is 5.92 Å². The Morgan fingerprint density at radius 1 is 1.00 bits per heavy atom. The molecule has 0 radical (unpaired) electrons. The molecule has 5 rings (SSSR count). The molecular formula is C28H25NO5. The molecule has 4 aromatic rings. The summed E-state index contributed by atoms with van der Waals surface area (Å²) >= 11 is 0. The Balaban J connectivity index is 1.55. The van der Waals surface area contributed by atoms with Gasteiger partial charge < -0.3 is 18.8 Å². The van der Waals surface area contributed by atoms with Gasteiger partial charge in [0.05, 0.1) is 24.6 Å². The lowest BCUT2D eigenvalue weighted by Crippen LogP contribution is -2.31. The molecule has 0 fully saturated rings. The number of aryl methyl sites for hydroxylation is 2. The zero-order valence-electron chi connectivity index (χ0n) is 19.3. The second-order valence-corrected chi connectivity index (χ2v) is 8.54. The molecule has 172 valence electrons. The first-order valence-corrected chi connectivity index (χ1v) is 11.1. The third-order valence-corrected chi connectivity index (χ3v) is 6.29. The van der Waals surface area contributed by atoms with E-state index in [4.69, 9.17) is 14.2 Å². The number of ether oxygens (including phenoxy) is 3. The van der Waals surface area contributed by atoms with Crippen LogP contribution in [0.1, 0.15) is 34.6 Å². The first kappa shape index (κ1) is 21.8. The number of rotatable bonds is 5. The number of para-hydroxylation sites is 1. The lowest BCUT2D eigenvalue weighted by atomic mass is 9.86. The monoisotopic (exact) mass is 455 g/mol. The zero-order chi connectivity index (χ0) is 23.8. The molecule has 1 aromatic heterocycles. The van der Waals surface area contributed by atoms with E-state index in [0.29, 0.717) is 29.4 Å². The molecule has 6 nitrogen and oxygen atoms in total. The van der Waals surface area contributed by atoms with Gasteiger partial charge in [0, 0.05) is 18.4 Å². The molecule has 1 aliphatic heterocycles. The second-order valence-electron chi connectivity index (χ2n) is 8.54. The molecule has 0 bridgehead atoms. The maximum Gasteiger partial charge on any atom is 0.312 e. The minimum absolute atomic E-state index is 0.0766. The Labute approximate surface area is 197 Å². The predicted molar refractivity (Wildman–Crippen MR) is 130 cm³/mol. The van der Waals surface area contributed by atoms with E-state index in [1.165, 1.54) is 5.56 Å². The summed E-state index contributed by atoms with van der Waals surface area (Å²) in [6.07, 6.45) is 0.0766. The summed E-state index contributed by atoms with van der Waals surface area (Å²) in [5.41, 5.74) is 4.05. The van der Waals surface area contributed by atoms with Gasteiger partial charge in [-0.3, -0.25) is 9.59 Å². The second kappa shape index (κ2) is 8.71. The largest absolute Gasteiger partial charge is 0.493 e. The molecule has 0 spiro atoms. The van der Waals surface area contributed by atoms with Gasteiger partial charge in [-0.05, 0) is 42.3 Å². The van der Waals surface area contributed by atoms with E-state index in [2.05, 4.69) is 6.07 Å². The van der Waals surface area contributed by atoms with Gasteiger partial charge >= 0.3 is 5.97 Å². The fourth-order valence-corrected chi connectivity index (χ4v) is 4.60. The average molecular weight is 456 g/mol. The Morgan fingerprint density at radius 3 is 2.62 bits per heavy atom. The smallest absolute Gasteiger partial charge is 0.312 e. The van der Waals surface area contributed by atoms with Crippen molar-refractivity contribution in [1.82, 2.24) is 4.57 Å². The van der Waals surface area contributed by atoms with Crippen LogP contribution in [-0.4, -0.2) is 17.6 Å². The summed E-state index contributed by atoms with van der Waals surface area (Å²) in [5, 5.41) is 0.739. The molecule has 0 amide bonds. The summed E-state index contributed by atoms with van der Waals surface area (Å²) in [7, 11) is 3.31. The standard InChI is InChI=1S/C28H25NO5/c1-17-7-6-8-18(13-17)16-33-23-12-11-19(14-24(23)32-3)21-15-25(30)34-27-20-9-4-5-10-22(20)29(2)28(31)26(21)27/h4-14,21H,15-16H2,1-3H3/t21-/m1/s1. The Bertz CT molecular complexity index is 1470. The third kappa shape index (κ3) is 3.81. The highest BCUT2D eigenvalue weighted by atomic mass is 16.5. The van der Waals surface area contributed by atoms with Crippen LogP contribution in [0.2, 0.25) is 0 Å². The van der Waals surface area contributed by atoms with E-state index in [0.717, 1.165) is 22.0 Å². The molecule has 1 aliphatic rings. The molecule has 0 aliphatic carbocycles. The fourth-order valence-electron chi connectivity index (χ4n) is 4.60. The third-order valence-electron chi connectivity index (χ3n) is 6.29. The van der Waals surface area contributed by atoms with Gasteiger partial charge in [0.2, 0.25) is 0 Å². The summed E-state index contributed by atoms with van der Waals surface area (Å²) < 4.78 is 18.8. The molecule has 0 saturated carbocycles. The van der Waals surface area contributed by atoms with Gasteiger partial charge in [0.1, 0.15) is 12.4 Å². The first-order valence-electron chi connectivity index (χ1n) is 11.1. The van der Waals surface area contributed by atoms with Gasteiger partial charge in [-0.15, -0.1) is 0 Å².